The zero-order valence-corrected chi connectivity index (χ0v) is 20.3. The molecule has 0 spiro atoms. The molecule has 8 heteroatoms. The lowest BCUT2D eigenvalue weighted by atomic mass is 9.95. The van der Waals surface area contributed by atoms with Crippen LogP contribution in [0.3, 0.4) is 0 Å². The molecule has 0 N–H and O–H groups in total. The average Bonchev–Trinajstić information content (AvgIpc) is 2.81. The number of piperazine rings is 1. The largest absolute Gasteiger partial charge is 0.433 e. The number of benzene rings is 1. The molecular formula is C26H34F3N5. The zero-order valence-electron chi connectivity index (χ0n) is 20.3. The Labute approximate surface area is 200 Å². The molecule has 5 nitrogen and oxygen atoms in total. The Bertz CT molecular complexity index is 972. The number of allylic oxidation sites excluding steroid dienone is 1. The molecule has 3 heterocycles. The monoisotopic (exact) mass is 473 g/mol. The number of unbranched alkanes of at least 4 members (excludes halogenated alkanes) is 1. The van der Waals surface area contributed by atoms with Crippen LogP contribution in [-0.2, 0) is 18.0 Å². The molecule has 2 aliphatic heterocycles. The normalized spacial score (nSPS) is 17.2. The van der Waals surface area contributed by atoms with Gasteiger partial charge in [0.2, 0.25) is 0 Å². The Morgan fingerprint density at radius 3 is 2.32 bits per heavy atom. The molecule has 1 aromatic heterocycles. The second kappa shape index (κ2) is 9.94. The summed E-state index contributed by atoms with van der Waals surface area (Å²) >= 11 is 0. The molecule has 0 aliphatic carbocycles. The Morgan fingerprint density at radius 2 is 1.62 bits per heavy atom. The molecule has 0 bridgehead atoms. The number of nitrogens with zero attached hydrogens (tertiary/aromatic N) is 5. The quantitative estimate of drug-likeness (QED) is 0.534. The Morgan fingerprint density at radius 1 is 0.912 bits per heavy atom. The Balaban J connectivity index is 1.28. The third kappa shape index (κ3) is 5.90. The Hall–Kier alpha value is -2.61. The number of hydrogen-bond acceptors (Lipinski definition) is 5. The lowest BCUT2D eigenvalue weighted by molar-refractivity contribution is -0.141. The van der Waals surface area contributed by atoms with Gasteiger partial charge in [0, 0.05) is 56.1 Å². The number of fused-ring (bicyclic) bond motifs is 1. The third-order valence-corrected chi connectivity index (χ3v) is 6.42. The topological polar surface area (TPSA) is 35.5 Å². The summed E-state index contributed by atoms with van der Waals surface area (Å²) in [5.41, 5.74) is 1.26. The van der Waals surface area contributed by atoms with Crippen molar-refractivity contribution in [2.75, 3.05) is 49.1 Å². The van der Waals surface area contributed by atoms with E-state index in [9.17, 15) is 13.2 Å². The molecule has 0 atom stereocenters. The first-order valence-corrected chi connectivity index (χ1v) is 12.1. The molecule has 1 fully saturated rings. The number of halogens is 3. The standard InChI is InChI=1S/C26H34F3N5/c1-25(2,3)24-30-22(26(27,28)29)19-23(31-24)34-17-15-32(16-18-34)12-6-7-13-33-14-8-10-20-9-4-5-11-21(20)33/h4-5,8-9,11,14,19H,6-7,10,12-13,15-18H2,1-3H3. The van der Waals surface area contributed by atoms with Crippen LogP contribution in [0.25, 0.3) is 0 Å². The number of hydrogen-bond donors (Lipinski definition) is 0. The minimum atomic E-state index is -4.48. The van der Waals surface area contributed by atoms with E-state index < -0.39 is 17.3 Å². The van der Waals surface area contributed by atoms with Gasteiger partial charge in [0.1, 0.15) is 17.3 Å². The molecule has 2 aromatic rings. The zero-order chi connectivity index (χ0) is 24.3. The molecule has 1 aromatic carbocycles. The first kappa shape index (κ1) is 24.5. The molecule has 0 unspecified atom stereocenters. The van der Waals surface area contributed by atoms with Crippen LogP contribution >= 0.6 is 0 Å². The first-order valence-electron chi connectivity index (χ1n) is 12.1. The van der Waals surface area contributed by atoms with E-state index in [-0.39, 0.29) is 5.82 Å². The minimum Gasteiger partial charge on any atom is -0.354 e. The van der Waals surface area contributed by atoms with Gasteiger partial charge in [-0.2, -0.15) is 13.2 Å². The highest BCUT2D eigenvalue weighted by Gasteiger charge is 2.36. The minimum absolute atomic E-state index is 0.230. The van der Waals surface area contributed by atoms with E-state index in [0.29, 0.717) is 18.9 Å². The molecule has 0 saturated carbocycles. The van der Waals surface area contributed by atoms with Crippen LogP contribution < -0.4 is 9.80 Å². The summed E-state index contributed by atoms with van der Waals surface area (Å²) in [6.07, 6.45) is 3.09. The lowest BCUT2D eigenvalue weighted by Gasteiger charge is -2.36. The Kier molecular flexibility index (Phi) is 7.17. The van der Waals surface area contributed by atoms with Crippen molar-refractivity contribution in [2.45, 2.75) is 51.6 Å². The second-order valence-electron chi connectivity index (χ2n) is 10.1. The van der Waals surface area contributed by atoms with Gasteiger partial charge in [0.05, 0.1) is 0 Å². The maximum atomic E-state index is 13.4. The van der Waals surface area contributed by atoms with Crippen molar-refractivity contribution in [1.29, 1.82) is 0 Å². The molecular weight excluding hydrogens is 439 g/mol. The van der Waals surface area contributed by atoms with Crippen LogP contribution in [0.15, 0.2) is 42.6 Å². The number of aromatic nitrogens is 2. The summed E-state index contributed by atoms with van der Waals surface area (Å²) < 4.78 is 40.3. The van der Waals surface area contributed by atoms with Crippen LogP contribution in [0.4, 0.5) is 24.7 Å². The number of alkyl halides is 3. The van der Waals surface area contributed by atoms with Crippen LogP contribution in [0.1, 0.15) is 50.7 Å². The predicted molar refractivity (Wildman–Crippen MR) is 130 cm³/mol. The van der Waals surface area contributed by atoms with E-state index in [0.717, 1.165) is 51.5 Å². The number of anilines is 2. The van der Waals surface area contributed by atoms with Gasteiger partial charge in [0.15, 0.2) is 0 Å². The van der Waals surface area contributed by atoms with Gasteiger partial charge in [-0.05, 0) is 37.4 Å². The summed E-state index contributed by atoms with van der Waals surface area (Å²) in [7, 11) is 0. The highest BCUT2D eigenvalue weighted by molar-refractivity contribution is 5.58. The fraction of sp³-hybridized carbons (Fsp3) is 0.538. The van der Waals surface area contributed by atoms with E-state index in [4.69, 9.17) is 0 Å². The maximum absolute atomic E-state index is 13.4. The van der Waals surface area contributed by atoms with E-state index in [1.165, 1.54) is 11.3 Å². The average molecular weight is 474 g/mol. The summed E-state index contributed by atoms with van der Waals surface area (Å²) in [4.78, 5) is 15.0. The van der Waals surface area contributed by atoms with Crippen molar-refractivity contribution in [1.82, 2.24) is 14.9 Å². The predicted octanol–water partition coefficient (Wildman–Crippen LogP) is 5.27. The molecule has 0 radical (unpaired) electrons. The van der Waals surface area contributed by atoms with E-state index in [1.807, 2.05) is 25.7 Å². The van der Waals surface area contributed by atoms with Crippen LogP contribution in [0, 0.1) is 0 Å². The maximum Gasteiger partial charge on any atom is 0.433 e. The lowest BCUT2D eigenvalue weighted by Crippen LogP contribution is -2.47. The molecule has 184 valence electrons. The molecule has 1 saturated heterocycles. The second-order valence-corrected chi connectivity index (χ2v) is 10.1. The van der Waals surface area contributed by atoms with Gasteiger partial charge in [-0.3, -0.25) is 4.90 Å². The molecule has 2 aliphatic rings. The molecule has 0 amide bonds. The van der Waals surface area contributed by atoms with Crippen molar-refractivity contribution >= 4 is 11.5 Å². The fourth-order valence-electron chi connectivity index (χ4n) is 4.44. The molecule has 34 heavy (non-hydrogen) atoms. The summed E-state index contributed by atoms with van der Waals surface area (Å²) in [6, 6.07) is 9.63. The van der Waals surface area contributed by atoms with Crippen molar-refractivity contribution in [3.05, 3.63) is 59.7 Å². The van der Waals surface area contributed by atoms with Gasteiger partial charge in [-0.25, -0.2) is 9.97 Å². The van der Waals surface area contributed by atoms with Gasteiger partial charge in [0.25, 0.3) is 0 Å². The van der Waals surface area contributed by atoms with E-state index in [1.54, 1.807) is 0 Å². The first-order chi connectivity index (χ1) is 16.1. The van der Waals surface area contributed by atoms with Gasteiger partial charge >= 0.3 is 6.18 Å². The van der Waals surface area contributed by atoms with Crippen LogP contribution in [0.2, 0.25) is 0 Å². The molecule has 4 rings (SSSR count). The highest BCUT2D eigenvalue weighted by Crippen LogP contribution is 2.32. The van der Waals surface area contributed by atoms with Crippen molar-refractivity contribution < 1.29 is 13.2 Å². The van der Waals surface area contributed by atoms with E-state index >= 15 is 0 Å². The van der Waals surface area contributed by atoms with Crippen LogP contribution in [0.5, 0.6) is 0 Å². The summed E-state index contributed by atoms with van der Waals surface area (Å²) in [5.74, 6) is 0.607. The van der Waals surface area contributed by atoms with Gasteiger partial charge < -0.3 is 9.80 Å². The summed E-state index contributed by atoms with van der Waals surface area (Å²) in [5, 5.41) is 0. The third-order valence-electron chi connectivity index (χ3n) is 6.42. The van der Waals surface area contributed by atoms with Gasteiger partial charge in [-0.1, -0.05) is 45.0 Å². The van der Waals surface area contributed by atoms with Crippen LogP contribution in [-0.4, -0.2) is 54.1 Å². The number of para-hydroxylation sites is 1. The fourth-order valence-corrected chi connectivity index (χ4v) is 4.44. The number of rotatable bonds is 6. The SMILES string of the molecule is CC(C)(C)c1nc(N2CCN(CCCCN3C=CCc4ccccc43)CC2)cc(C(F)(F)F)n1. The highest BCUT2D eigenvalue weighted by atomic mass is 19.4. The van der Waals surface area contributed by atoms with E-state index in [2.05, 4.69) is 56.3 Å². The van der Waals surface area contributed by atoms with Crippen molar-refractivity contribution in [2.24, 2.45) is 0 Å². The summed E-state index contributed by atoms with van der Waals surface area (Å²) in [6.45, 7) is 10.5. The smallest absolute Gasteiger partial charge is 0.354 e. The van der Waals surface area contributed by atoms with Crippen molar-refractivity contribution in [3.8, 4) is 0 Å². The van der Waals surface area contributed by atoms with Crippen molar-refractivity contribution in [3.63, 3.8) is 0 Å². The van der Waals surface area contributed by atoms with Gasteiger partial charge in [-0.15, -0.1) is 0 Å².